The van der Waals surface area contributed by atoms with Crippen molar-refractivity contribution < 1.29 is 14.6 Å². The van der Waals surface area contributed by atoms with E-state index in [1.165, 1.54) is 0 Å². The maximum atomic E-state index is 11.2. The summed E-state index contributed by atoms with van der Waals surface area (Å²) >= 11 is 0. The van der Waals surface area contributed by atoms with Gasteiger partial charge in [0, 0.05) is 12.5 Å². The average molecular weight is 198 g/mol. The van der Waals surface area contributed by atoms with Crippen molar-refractivity contribution in [2.24, 2.45) is 11.3 Å². The van der Waals surface area contributed by atoms with Gasteiger partial charge in [-0.2, -0.15) is 0 Å². The van der Waals surface area contributed by atoms with E-state index in [4.69, 9.17) is 4.74 Å². The summed E-state index contributed by atoms with van der Waals surface area (Å²) in [5.41, 5.74) is -1.07. The number of carbonyl (C=O) groups excluding carboxylic acids is 1. The van der Waals surface area contributed by atoms with Crippen LogP contribution in [0.25, 0.3) is 0 Å². The smallest absolute Gasteiger partial charge is 0.128 e. The summed E-state index contributed by atoms with van der Waals surface area (Å²) in [5.74, 6) is 0.0926. The highest BCUT2D eigenvalue weighted by Crippen LogP contribution is 2.49. The third-order valence-corrected chi connectivity index (χ3v) is 3.94. The Morgan fingerprint density at radius 1 is 1.50 bits per heavy atom. The van der Waals surface area contributed by atoms with Crippen LogP contribution in [0.4, 0.5) is 0 Å². The molecule has 1 N–H and O–H groups in total. The summed E-state index contributed by atoms with van der Waals surface area (Å²) in [6.07, 6.45) is 4.58. The van der Waals surface area contributed by atoms with Gasteiger partial charge in [-0.3, -0.25) is 0 Å². The molecule has 3 atom stereocenters. The first-order chi connectivity index (χ1) is 6.61. The zero-order valence-electron chi connectivity index (χ0n) is 8.66. The number of ether oxygens (including phenoxy) is 1. The second-order valence-corrected chi connectivity index (χ2v) is 4.96. The Bertz CT molecular complexity index is 229. The summed E-state index contributed by atoms with van der Waals surface area (Å²) < 4.78 is 5.31. The molecular formula is C11H18O3. The minimum absolute atomic E-state index is 0.0926. The first-order valence-electron chi connectivity index (χ1n) is 5.37. The van der Waals surface area contributed by atoms with Crippen LogP contribution in [0.3, 0.4) is 0 Å². The Hall–Kier alpha value is -0.410. The SMILES string of the molecule is CC1(O)CCCC1C1(C=O)CCOC1. The Balaban J connectivity index is 2.23. The third-order valence-electron chi connectivity index (χ3n) is 3.94. The van der Waals surface area contributed by atoms with Crippen molar-refractivity contribution in [2.45, 2.75) is 38.2 Å². The zero-order chi connectivity index (χ0) is 10.2. The van der Waals surface area contributed by atoms with Crippen LogP contribution >= 0.6 is 0 Å². The predicted molar refractivity (Wildman–Crippen MR) is 51.9 cm³/mol. The number of aliphatic hydroxyl groups is 1. The van der Waals surface area contributed by atoms with Crippen molar-refractivity contribution in [3.8, 4) is 0 Å². The fourth-order valence-corrected chi connectivity index (χ4v) is 3.10. The lowest BCUT2D eigenvalue weighted by atomic mass is 9.69. The Labute approximate surface area is 84.4 Å². The maximum absolute atomic E-state index is 11.2. The Kier molecular flexibility index (Phi) is 2.40. The molecule has 3 nitrogen and oxygen atoms in total. The highest BCUT2D eigenvalue weighted by atomic mass is 16.5. The number of hydrogen-bond donors (Lipinski definition) is 1. The van der Waals surface area contributed by atoms with Gasteiger partial charge in [0.25, 0.3) is 0 Å². The van der Waals surface area contributed by atoms with E-state index < -0.39 is 11.0 Å². The molecule has 80 valence electrons. The van der Waals surface area contributed by atoms with Gasteiger partial charge in [-0.05, 0) is 26.2 Å². The van der Waals surface area contributed by atoms with E-state index in [-0.39, 0.29) is 5.92 Å². The molecule has 2 aliphatic rings. The zero-order valence-corrected chi connectivity index (χ0v) is 8.66. The average Bonchev–Trinajstić information content (AvgIpc) is 2.71. The molecule has 0 aromatic carbocycles. The lowest BCUT2D eigenvalue weighted by molar-refractivity contribution is -0.125. The van der Waals surface area contributed by atoms with Gasteiger partial charge in [0.15, 0.2) is 0 Å². The van der Waals surface area contributed by atoms with Gasteiger partial charge >= 0.3 is 0 Å². The molecule has 0 amide bonds. The summed E-state index contributed by atoms with van der Waals surface area (Å²) in [4.78, 5) is 11.2. The molecule has 1 heterocycles. The number of rotatable bonds is 2. The van der Waals surface area contributed by atoms with Crippen molar-refractivity contribution >= 4 is 6.29 Å². The van der Waals surface area contributed by atoms with Gasteiger partial charge < -0.3 is 14.6 Å². The number of aldehydes is 1. The lowest BCUT2D eigenvalue weighted by Gasteiger charge is -2.36. The predicted octanol–water partition coefficient (Wildman–Crippen LogP) is 1.14. The van der Waals surface area contributed by atoms with Crippen LogP contribution in [-0.2, 0) is 9.53 Å². The minimum atomic E-state index is -0.672. The van der Waals surface area contributed by atoms with Crippen LogP contribution in [0.15, 0.2) is 0 Å². The standard InChI is InChI=1S/C11H18O3/c1-10(13)4-2-3-9(10)11(7-12)5-6-14-8-11/h7,9,13H,2-6,8H2,1H3. The van der Waals surface area contributed by atoms with Crippen molar-refractivity contribution in [2.75, 3.05) is 13.2 Å². The summed E-state index contributed by atoms with van der Waals surface area (Å²) in [5, 5.41) is 10.2. The van der Waals surface area contributed by atoms with Gasteiger partial charge in [-0.1, -0.05) is 6.42 Å². The van der Waals surface area contributed by atoms with Crippen LogP contribution in [0.2, 0.25) is 0 Å². The molecule has 3 unspecified atom stereocenters. The van der Waals surface area contributed by atoms with Crippen molar-refractivity contribution in [3.63, 3.8) is 0 Å². The summed E-state index contributed by atoms with van der Waals surface area (Å²) in [6.45, 7) is 3.01. The van der Waals surface area contributed by atoms with Crippen molar-refractivity contribution in [3.05, 3.63) is 0 Å². The van der Waals surface area contributed by atoms with Gasteiger partial charge in [0.2, 0.25) is 0 Å². The summed E-state index contributed by atoms with van der Waals surface area (Å²) in [7, 11) is 0. The largest absolute Gasteiger partial charge is 0.390 e. The number of carbonyl (C=O) groups is 1. The van der Waals surface area contributed by atoms with Crippen LogP contribution in [0.1, 0.15) is 32.6 Å². The molecule has 1 aliphatic carbocycles. The van der Waals surface area contributed by atoms with E-state index >= 15 is 0 Å². The molecule has 0 aromatic rings. The van der Waals surface area contributed by atoms with Crippen molar-refractivity contribution in [1.82, 2.24) is 0 Å². The summed E-state index contributed by atoms with van der Waals surface area (Å²) in [6, 6.07) is 0. The van der Waals surface area contributed by atoms with Gasteiger partial charge in [-0.15, -0.1) is 0 Å². The second-order valence-electron chi connectivity index (χ2n) is 4.96. The van der Waals surface area contributed by atoms with Crippen LogP contribution in [0, 0.1) is 11.3 Å². The second kappa shape index (κ2) is 3.31. The monoisotopic (exact) mass is 198 g/mol. The van der Waals surface area contributed by atoms with Gasteiger partial charge in [0.1, 0.15) is 6.29 Å². The normalized spacial score (nSPS) is 48.3. The first kappa shape index (κ1) is 10.1. The molecule has 1 aliphatic heterocycles. The molecule has 1 saturated heterocycles. The highest BCUT2D eigenvalue weighted by Gasteiger charge is 2.52. The van der Waals surface area contributed by atoms with Gasteiger partial charge in [-0.25, -0.2) is 0 Å². The molecule has 2 fully saturated rings. The van der Waals surface area contributed by atoms with E-state index in [1.807, 2.05) is 6.92 Å². The molecular weight excluding hydrogens is 180 g/mol. The number of hydrogen-bond acceptors (Lipinski definition) is 3. The maximum Gasteiger partial charge on any atom is 0.128 e. The molecule has 1 saturated carbocycles. The van der Waals surface area contributed by atoms with Crippen molar-refractivity contribution in [1.29, 1.82) is 0 Å². The lowest BCUT2D eigenvalue weighted by Crippen LogP contribution is -2.43. The third kappa shape index (κ3) is 1.39. The molecule has 3 heteroatoms. The van der Waals surface area contributed by atoms with Crippen LogP contribution < -0.4 is 0 Å². The topological polar surface area (TPSA) is 46.5 Å². The fraction of sp³-hybridized carbons (Fsp3) is 0.909. The van der Waals surface area contributed by atoms with E-state index in [9.17, 15) is 9.90 Å². The molecule has 0 bridgehead atoms. The quantitative estimate of drug-likeness (QED) is 0.677. The Morgan fingerprint density at radius 3 is 2.71 bits per heavy atom. The highest BCUT2D eigenvalue weighted by molar-refractivity contribution is 5.61. The van der Waals surface area contributed by atoms with Crippen LogP contribution in [-0.4, -0.2) is 30.2 Å². The molecule has 0 radical (unpaired) electrons. The molecule has 2 rings (SSSR count). The molecule has 0 aromatic heterocycles. The van der Waals surface area contributed by atoms with Crippen LogP contribution in [0.5, 0.6) is 0 Å². The van der Waals surface area contributed by atoms with E-state index in [0.29, 0.717) is 13.2 Å². The molecule has 14 heavy (non-hydrogen) atoms. The van der Waals surface area contributed by atoms with E-state index in [0.717, 1.165) is 32.0 Å². The minimum Gasteiger partial charge on any atom is -0.390 e. The van der Waals surface area contributed by atoms with E-state index in [2.05, 4.69) is 0 Å². The fourth-order valence-electron chi connectivity index (χ4n) is 3.10. The van der Waals surface area contributed by atoms with Gasteiger partial charge in [0.05, 0.1) is 17.6 Å². The van der Waals surface area contributed by atoms with E-state index in [1.54, 1.807) is 0 Å². The first-order valence-corrected chi connectivity index (χ1v) is 5.37. The molecule has 0 spiro atoms. The Morgan fingerprint density at radius 2 is 2.29 bits per heavy atom.